The molecule has 0 atom stereocenters. The Morgan fingerprint density at radius 1 is 1.00 bits per heavy atom. The summed E-state index contributed by atoms with van der Waals surface area (Å²) in [6.45, 7) is 4.26. The van der Waals surface area contributed by atoms with E-state index in [1.165, 1.54) is 7.05 Å². The lowest BCUT2D eigenvalue weighted by Gasteiger charge is -2.09. The van der Waals surface area contributed by atoms with Gasteiger partial charge in [-0.3, -0.25) is 4.79 Å². The summed E-state index contributed by atoms with van der Waals surface area (Å²) in [6.07, 6.45) is 0. The van der Waals surface area contributed by atoms with Crippen LogP contribution in [0.3, 0.4) is 0 Å². The molecule has 0 saturated carbocycles. The molecule has 0 aliphatic heterocycles. The largest absolute Gasteiger partial charge is 0.484 e. The Balaban J connectivity index is 1.81. The van der Waals surface area contributed by atoms with E-state index in [2.05, 4.69) is 10.0 Å². The van der Waals surface area contributed by atoms with Gasteiger partial charge < -0.3 is 10.1 Å². The Kier molecular flexibility index (Phi) is 6.76. The molecule has 0 heterocycles. The van der Waals surface area contributed by atoms with Crippen LogP contribution in [0.25, 0.3) is 0 Å². The molecule has 0 spiro atoms. The van der Waals surface area contributed by atoms with Crippen molar-refractivity contribution in [2.24, 2.45) is 0 Å². The van der Waals surface area contributed by atoms with Gasteiger partial charge in [-0.25, -0.2) is 13.1 Å². The molecule has 2 aromatic rings. The average molecular weight is 376 g/mol. The second-order valence-corrected chi connectivity index (χ2v) is 8.09. The van der Waals surface area contributed by atoms with Gasteiger partial charge in [-0.05, 0) is 55.3 Å². The maximum atomic E-state index is 11.9. The van der Waals surface area contributed by atoms with E-state index in [1.807, 2.05) is 32.0 Å². The normalized spacial score (nSPS) is 11.2. The lowest BCUT2D eigenvalue weighted by molar-refractivity contribution is -0.123. The van der Waals surface area contributed by atoms with E-state index in [0.29, 0.717) is 17.9 Å². The van der Waals surface area contributed by atoms with Crippen molar-refractivity contribution in [1.29, 1.82) is 0 Å². The molecule has 0 bridgehead atoms. The summed E-state index contributed by atoms with van der Waals surface area (Å²) in [5.74, 6) is 0.388. The number of sulfonamides is 1. The van der Waals surface area contributed by atoms with Crippen LogP contribution in [0, 0.1) is 13.8 Å². The first-order valence-corrected chi connectivity index (χ1v) is 9.89. The van der Waals surface area contributed by atoms with Crippen LogP contribution in [-0.4, -0.2) is 28.0 Å². The van der Waals surface area contributed by atoms with E-state index >= 15 is 0 Å². The fourth-order valence-electron chi connectivity index (χ4n) is 2.46. The summed E-state index contributed by atoms with van der Waals surface area (Å²) in [5.41, 5.74) is 3.74. The minimum Gasteiger partial charge on any atom is -0.484 e. The van der Waals surface area contributed by atoms with Gasteiger partial charge in [0.05, 0.1) is 5.75 Å². The van der Waals surface area contributed by atoms with Crippen molar-refractivity contribution < 1.29 is 17.9 Å². The number of hydrogen-bond acceptors (Lipinski definition) is 4. The van der Waals surface area contributed by atoms with Gasteiger partial charge in [0, 0.05) is 6.54 Å². The number of benzene rings is 2. The van der Waals surface area contributed by atoms with E-state index in [0.717, 1.165) is 16.7 Å². The highest BCUT2D eigenvalue weighted by molar-refractivity contribution is 7.88. The Bertz CT molecular complexity index is 841. The van der Waals surface area contributed by atoms with Crippen LogP contribution in [0.2, 0.25) is 0 Å². The fourth-order valence-corrected chi connectivity index (χ4v) is 3.24. The Morgan fingerprint density at radius 3 is 2.15 bits per heavy atom. The van der Waals surface area contributed by atoms with Crippen LogP contribution in [0.4, 0.5) is 0 Å². The number of nitrogens with one attached hydrogen (secondary N) is 2. The van der Waals surface area contributed by atoms with Gasteiger partial charge in [0.1, 0.15) is 5.75 Å². The third-order valence-corrected chi connectivity index (χ3v) is 5.08. The molecule has 0 aromatic heterocycles. The van der Waals surface area contributed by atoms with Gasteiger partial charge >= 0.3 is 0 Å². The predicted molar refractivity (Wildman–Crippen MR) is 101 cm³/mol. The summed E-state index contributed by atoms with van der Waals surface area (Å²) < 4.78 is 30.8. The van der Waals surface area contributed by atoms with Crippen LogP contribution in [-0.2, 0) is 27.1 Å². The van der Waals surface area contributed by atoms with Crippen LogP contribution < -0.4 is 14.8 Å². The molecule has 0 radical (unpaired) electrons. The van der Waals surface area contributed by atoms with Crippen molar-refractivity contribution >= 4 is 15.9 Å². The smallest absolute Gasteiger partial charge is 0.258 e. The monoisotopic (exact) mass is 376 g/mol. The minimum atomic E-state index is -3.29. The zero-order chi connectivity index (χ0) is 19.2. The highest BCUT2D eigenvalue weighted by Crippen LogP contribution is 2.16. The third kappa shape index (κ3) is 6.50. The molecular formula is C19H24N2O4S. The first-order chi connectivity index (χ1) is 12.3. The maximum Gasteiger partial charge on any atom is 0.258 e. The molecule has 0 unspecified atom stereocenters. The topological polar surface area (TPSA) is 84.5 Å². The summed E-state index contributed by atoms with van der Waals surface area (Å²) in [5, 5.41) is 2.78. The zero-order valence-corrected chi connectivity index (χ0v) is 16.0. The van der Waals surface area contributed by atoms with Gasteiger partial charge in [-0.2, -0.15) is 0 Å². The molecule has 2 aromatic carbocycles. The molecule has 1 amide bonds. The molecule has 6 nitrogen and oxygen atoms in total. The molecule has 0 saturated heterocycles. The predicted octanol–water partition coefficient (Wildman–Crippen LogP) is 2.05. The lowest BCUT2D eigenvalue weighted by Crippen LogP contribution is -2.28. The SMILES string of the molecule is CNS(=O)(=O)Cc1ccc(CNC(=O)COc2cc(C)cc(C)c2)cc1. The van der Waals surface area contributed by atoms with Crippen LogP contribution in [0.5, 0.6) is 5.75 Å². The van der Waals surface area contributed by atoms with Gasteiger partial charge in [0.15, 0.2) is 6.61 Å². The van der Waals surface area contributed by atoms with E-state index < -0.39 is 10.0 Å². The molecule has 2 rings (SSSR count). The van der Waals surface area contributed by atoms with Gasteiger partial charge in [-0.15, -0.1) is 0 Å². The third-order valence-electron chi connectivity index (χ3n) is 3.75. The summed E-state index contributed by atoms with van der Waals surface area (Å²) in [6, 6.07) is 12.9. The van der Waals surface area contributed by atoms with Crippen molar-refractivity contribution in [3.8, 4) is 5.75 Å². The summed E-state index contributed by atoms with van der Waals surface area (Å²) >= 11 is 0. The quantitative estimate of drug-likeness (QED) is 0.738. The number of aryl methyl sites for hydroxylation is 2. The number of hydrogen-bond donors (Lipinski definition) is 2. The number of carbonyl (C=O) groups excluding carboxylic acids is 1. The second-order valence-electron chi connectivity index (χ2n) is 6.17. The van der Waals surface area contributed by atoms with E-state index in [1.54, 1.807) is 24.3 Å². The number of carbonyl (C=O) groups is 1. The molecule has 0 fully saturated rings. The van der Waals surface area contributed by atoms with Gasteiger partial charge in [0.25, 0.3) is 5.91 Å². The first kappa shape index (κ1) is 19.9. The highest BCUT2D eigenvalue weighted by atomic mass is 32.2. The molecule has 7 heteroatoms. The van der Waals surface area contributed by atoms with Crippen molar-refractivity contribution in [3.63, 3.8) is 0 Å². The molecule has 0 aliphatic rings. The lowest BCUT2D eigenvalue weighted by atomic mass is 10.1. The number of rotatable bonds is 8. The van der Waals surface area contributed by atoms with Crippen molar-refractivity contribution in [1.82, 2.24) is 10.0 Å². The maximum absolute atomic E-state index is 11.9. The van der Waals surface area contributed by atoms with Crippen molar-refractivity contribution in [3.05, 3.63) is 64.7 Å². The molecular weight excluding hydrogens is 352 g/mol. The number of amides is 1. The highest BCUT2D eigenvalue weighted by Gasteiger charge is 2.08. The average Bonchev–Trinajstić information content (AvgIpc) is 2.58. The van der Waals surface area contributed by atoms with E-state index in [9.17, 15) is 13.2 Å². The standard InChI is InChI=1S/C19H24N2O4S/c1-14-8-15(2)10-18(9-14)25-12-19(22)21-11-16-4-6-17(7-5-16)13-26(23,24)20-3/h4-10,20H,11-13H2,1-3H3,(H,21,22). The second kappa shape index (κ2) is 8.82. The Hall–Kier alpha value is -2.38. The van der Waals surface area contributed by atoms with Crippen LogP contribution >= 0.6 is 0 Å². The number of ether oxygens (including phenoxy) is 1. The molecule has 0 aliphatic carbocycles. The van der Waals surface area contributed by atoms with Gasteiger partial charge in [0.2, 0.25) is 10.0 Å². The summed E-state index contributed by atoms with van der Waals surface area (Å²) in [7, 11) is -1.90. The first-order valence-electron chi connectivity index (χ1n) is 8.24. The Labute approximate surface area is 154 Å². The van der Waals surface area contributed by atoms with Crippen molar-refractivity contribution in [2.45, 2.75) is 26.1 Å². The summed E-state index contributed by atoms with van der Waals surface area (Å²) in [4.78, 5) is 11.9. The minimum absolute atomic E-state index is 0.0542. The fraction of sp³-hybridized carbons (Fsp3) is 0.316. The van der Waals surface area contributed by atoms with Gasteiger partial charge in [-0.1, -0.05) is 30.3 Å². The Morgan fingerprint density at radius 2 is 1.58 bits per heavy atom. The van der Waals surface area contributed by atoms with E-state index in [-0.39, 0.29) is 18.3 Å². The van der Waals surface area contributed by atoms with E-state index in [4.69, 9.17) is 4.74 Å². The van der Waals surface area contributed by atoms with Crippen LogP contribution in [0.15, 0.2) is 42.5 Å². The molecule has 140 valence electrons. The van der Waals surface area contributed by atoms with Crippen LogP contribution in [0.1, 0.15) is 22.3 Å². The van der Waals surface area contributed by atoms with Crippen molar-refractivity contribution in [2.75, 3.05) is 13.7 Å². The molecule has 26 heavy (non-hydrogen) atoms. The molecule has 2 N–H and O–H groups in total. The zero-order valence-electron chi connectivity index (χ0n) is 15.2.